The third-order valence-corrected chi connectivity index (χ3v) is 6.52. The Balaban J connectivity index is 1.53. The Morgan fingerprint density at radius 3 is 2.35 bits per heavy atom. The minimum absolute atomic E-state index is 0.0813. The first-order chi connectivity index (χ1) is 16.3. The summed E-state index contributed by atoms with van der Waals surface area (Å²) in [6, 6.07) is 13.5. The summed E-state index contributed by atoms with van der Waals surface area (Å²) in [5, 5.41) is 6.92. The van der Waals surface area contributed by atoms with Crippen LogP contribution in [-0.2, 0) is 10.0 Å². The maximum absolute atomic E-state index is 12.7. The van der Waals surface area contributed by atoms with Gasteiger partial charge in [0.15, 0.2) is 0 Å². The normalized spacial score (nSPS) is 11.2. The van der Waals surface area contributed by atoms with Crippen molar-refractivity contribution in [2.24, 2.45) is 0 Å². The van der Waals surface area contributed by atoms with Gasteiger partial charge in [-0.2, -0.15) is 0 Å². The second kappa shape index (κ2) is 9.40. The highest BCUT2D eigenvalue weighted by Gasteiger charge is 2.19. The maximum atomic E-state index is 12.7. The first kappa shape index (κ1) is 23.1. The Kier molecular flexibility index (Phi) is 6.37. The smallest absolute Gasteiger partial charge is 0.264 e. The molecule has 0 saturated carbocycles. The highest BCUT2D eigenvalue weighted by atomic mass is 32.2. The Hall–Kier alpha value is -4.12. The Morgan fingerprint density at radius 1 is 0.941 bits per heavy atom. The van der Waals surface area contributed by atoms with Crippen LogP contribution in [0.25, 0.3) is 11.3 Å². The Bertz CT molecular complexity index is 1420. The molecule has 0 bridgehead atoms. The number of aromatic nitrogens is 3. The van der Waals surface area contributed by atoms with Gasteiger partial charge in [0.05, 0.1) is 30.5 Å². The summed E-state index contributed by atoms with van der Waals surface area (Å²) in [5.74, 6) is 1.92. The molecule has 0 unspecified atom stereocenters. The molecule has 0 saturated heterocycles. The van der Waals surface area contributed by atoms with Crippen molar-refractivity contribution < 1.29 is 22.4 Å². The number of ether oxygens (including phenoxy) is 2. The summed E-state index contributed by atoms with van der Waals surface area (Å²) in [6.07, 6.45) is 1.44. The molecule has 0 aliphatic heterocycles. The molecule has 2 aromatic carbocycles. The molecule has 2 N–H and O–H groups in total. The lowest BCUT2D eigenvalue weighted by atomic mass is 10.1. The molecular weight excluding hydrogens is 458 g/mol. The molecule has 4 aromatic rings. The van der Waals surface area contributed by atoms with Gasteiger partial charge in [0, 0.05) is 28.9 Å². The van der Waals surface area contributed by atoms with Gasteiger partial charge in [0.25, 0.3) is 10.0 Å². The third-order valence-electron chi connectivity index (χ3n) is 5.17. The van der Waals surface area contributed by atoms with Gasteiger partial charge in [-0.25, -0.2) is 23.1 Å². The van der Waals surface area contributed by atoms with Gasteiger partial charge < -0.3 is 19.3 Å². The average Bonchev–Trinajstić information content (AvgIpc) is 3.15. The zero-order chi connectivity index (χ0) is 24.3. The van der Waals surface area contributed by atoms with Crippen molar-refractivity contribution in [3.05, 3.63) is 66.1 Å². The van der Waals surface area contributed by atoms with Gasteiger partial charge >= 0.3 is 0 Å². The van der Waals surface area contributed by atoms with Gasteiger partial charge in [0.1, 0.15) is 23.6 Å². The molecule has 4 rings (SSSR count). The second-order valence-corrected chi connectivity index (χ2v) is 9.01. The van der Waals surface area contributed by atoms with Crippen LogP contribution >= 0.6 is 0 Å². The van der Waals surface area contributed by atoms with Crippen molar-refractivity contribution in [1.29, 1.82) is 0 Å². The van der Waals surface area contributed by atoms with Crippen LogP contribution in [0.4, 0.5) is 17.4 Å². The average molecular weight is 482 g/mol. The fraction of sp³-hybridized carbons (Fsp3) is 0.174. The molecule has 2 aromatic heterocycles. The van der Waals surface area contributed by atoms with E-state index in [9.17, 15) is 8.42 Å². The van der Waals surface area contributed by atoms with E-state index in [4.69, 9.17) is 14.0 Å². The number of anilines is 3. The van der Waals surface area contributed by atoms with Crippen LogP contribution in [0.3, 0.4) is 0 Å². The number of rotatable bonds is 8. The first-order valence-corrected chi connectivity index (χ1v) is 11.7. The van der Waals surface area contributed by atoms with E-state index in [0.29, 0.717) is 40.0 Å². The van der Waals surface area contributed by atoms with Gasteiger partial charge in [-0.3, -0.25) is 0 Å². The molecule has 0 aliphatic rings. The zero-order valence-corrected chi connectivity index (χ0v) is 19.8. The predicted molar refractivity (Wildman–Crippen MR) is 127 cm³/mol. The van der Waals surface area contributed by atoms with E-state index in [-0.39, 0.29) is 10.8 Å². The van der Waals surface area contributed by atoms with Crippen molar-refractivity contribution >= 4 is 27.4 Å². The van der Waals surface area contributed by atoms with Gasteiger partial charge in [-0.15, -0.1) is 0 Å². The van der Waals surface area contributed by atoms with Crippen molar-refractivity contribution in [2.75, 3.05) is 24.3 Å². The molecule has 0 spiro atoms. The van der Waals surface area contributed by atoms with Crippen molar-refractivity contribution in [1.82, 2.24) is 15.1 Å². The maximum Gasteiger partial charge on any atom is 0.264 e. The van der Waals surface area contributed by atoms with Crippen molar-refractivity contribution in [3.8, 4) is 22.8 Å². The number of nitrogens with zero attached hydrogens (tertiary/aromatic N) is 3. The van der Waals surface area contributed by atoms with Crippen LogP contribution in [0.2, 0.25) is 0 Å². The number of sulfonamides is 1. The molecule has 0 fully saturated rings. The van der Waals surface area contributed by atoms with Crippen LogP contribution in [0.15, 0.2) is 64.3 Å². The molecule has 34 heavy (non-hydrogen) atoms. The van der Waals surface area contributed by atoms with Crippen LogP contribution in [-0.4, -0.2) is 37.8 Å². The van der Waals surface area contributed by atoms with E-state index >= 15 is 0 Å². The minimum Gasteiger partial charge on any atom is -0.497 e. The number of aryl methyl sites for hydroxylation is 1. The van der Waals surface area contributed by atoms with E-state index in [1.54, 1.807) is 52.3 Å². The highest BCUT2D eigenvalue weighted by molar-refractivity contribution is 7.92. The lowest BCUT2D eigenvalue weighted by Gasteiger charge is -2.11. The summed E-state index contributed by atoms with van der Waals surface area (Å²) in [7, 11) is -0.665. The summed E-state index contributed by atoms with van der Waals surface area (Å²) < 4.78 is 43.5. The van der Waals surface area contributed by atoms with Crippen LogP contribution in [0.1, 0.15) is 11.3 Å². The van der Waals surface area contributed by atoms with Crippen LogP contribution < -0.4 is 19.5 Å². The van der Waals surface area contributed by atoms with Gasteiger partial charge in [-0.1, -0.05) is 5.16 Å². The first-order valence-electron chi connectivity index (χ1n) is 10.2. The molecular formula is C23H23N5O5S. The topological polar surface area (TPSA) is 128 Å². The summed E-state index contributed by atoms with van der Waals surface area (Å²) >= 11 is 0. The number of methoxy groups -OCH3 is 2. The third kappa shape index (κ3) is 4.79. The highest BCUT2D eigenvalue weighted by Crippen LogP contribution is 2.33. The van der Waals surface area contributed by atoms with E-state index in [1.807, 2.05) is 12.1 Å². The molecule has 0 amide bonds. The molecule has 0 radical (unpaired) electrons. The largest absolute Gasteiger partial charge is 0.497 e. The Labute approximate surface area is 197 Å². The summed E-state index contributed by atoms with van der Waals surface area (Å²) in [6.45, 7) is 3.47. The van der Waals surface area contributed by atoms with Gasteiger partial charge in [0.2, 0.25) is 5.88 Å². The summed E-state index contributed by atoms with van der Waals surface area (Å²) in [5.41, 5.74) is 3.33. The number of hydrogen-bond acceptors (Lipinski definition) is 9. The fourth-order valence-corrected chi connectivity index (χ4v) is 4.19. The van der Waals surface area contributed by atoms with Crippen LogP contribution in [0.5, 0.6) is 11.5 Å². The predicted octanol–water partition coefficient (Wildman–Crippen LogP) is 4.31. The SMILES string of the molecule is COc1ccc(-c2cc(Nc3ccc(S(=O)(=O)Nc4onc(C)c4C)cc3)ncn2)c(OC)c1. The molecule has 0 atom stereocenters. The quantitative estimate of drug-likeness (QED) is 0.378. The second-order valence-electron chi connectivity index (χ2n) is 7.33. The Morgan fingerprint density at radius 2 is 1.71 bits per heavy atom. The van der Waals surface area contributed by atoms with E-state index in [1.165, 1.54) is 18.5 Å². The van der Waals surface area contributed by atoms with Gasteiger partial charge in [-0.05, 0) is 50.2 Å². The lowest BCUT2D eigenvalue weighted by Crippen LogP contribution is -2.13. The van der Waals surface area contributed by atoms with Crippen molar-refractivity contribution in [3.63, 3.8) is 0 Å². The van der Waals surface area contributed by atoms with Crippen molar-refractivity contribution in [2.45, 2.75) is 18.7 Å². The lowest BCUT2D eigenvalue weighted by molar-refractivity contribution is 0.395. The zero-order valence-electron chi connectivity index (χ0n) is 19.0. The van der Waals surface area contributed by atoms with E-state index < -0.39 is 10.0 Å². The molecule has 0 aliphatic carbocycles. The minimum atomic E-state index is -3.83. The van der Waals surface area contributed by atoms with E-state index in [0.717, 1.165) is 5.56 Å². The monoisotopic (exact) mass is 481 g/mol. The molecule has 2 heterocycles. The number of hydrogen-bond donors (Lipinski definition) is 2. The van der Waals surface area contributed by atoms with Crippen LogP contribution in [0, 0.1) is 13.8 Å². The number of benzene rings is 2. The molecule has 176 valence electrons. The fourth-order valence-electron chi connectivity index (χ4n) is 3.14. The molecule has 10 nitrogen and oxygen atoms in total. The molecule has 11 heteroatoms. The standard InChI is InChI=1S/C23H23N5O5S/c1-14-15(2)27-33-23(14)28-34(29,30)18-8-5-16(6-9-18)26-22-12-20(24-13-25-22)19-10-7-17(31-3)11-21(19)32-4/h5-13,28H,1-4H3,(H,24,25,26). The number of nitrogens with one attached hydrogen (secondary N) is 2. The summed E-state index contributed by atoms with van der Waals surface area (Å²) in [4.78, 5) is 8.67. The van der Waals surface area contributed by atoms with E-state index in [2.05, 4.69) is 25.2 Å².